The summed E-state index contributed by atoms with van der Waals surface area (Å²) in [4.78, 5) is 17.1. The van der Waals surface area contributed by atoms with Gasteiger partial charge in [0.05, 0.1) is 10.4 Å². The smallest absolute Gasteiger partial charge is 0.279 e. The molecule has 0 amide bonds. The minimum Gasteiger partial charge on any atom is -0.353 e. The topological polar surface area (TPSA) is 80.5 Å². The fraction of sp³-hybridized carbons (Fsp3) is 0.464. The van der Waals surface area contributed by atoms with Crippen molar-refractivity contribution < 1.29 is 0 Å². The largest absolute Gasteiger partial charge is 0.353 e. The van der Waals surface area contributed by atoms with Gasteiger partial charge < -0.3 is 14.9 Å². The molecule has 1 aromatic carbocycles. The highest BCUT2D eigenvalue weighted by atomic mass is 35.5. The zero-order valence-electron chi connectivity index (χ0n) is 21.3. The van der Waals surface area contributed by atoms with Crippen molar-refractivity contribution in [2.45, 2.75) is 69.9 Å². The molecule has 3 heterocycles. The van der Waals surface area contributed by atoms with Crippen LogP contribution in [-0.4, -0.2) is 29.9 Å². The number of hydrogen-bond donors (Lipinski definition) is 2. The molecule has 1 atom stereocenters. The fourth-order valence-electron chi connectivity index (χ4n) is 6.42. The average molecular weight is 505 g/mol. The Morgan fingerprint density at radius 2 is 2.03 bits per heavy atom. The summed E-state index contributed by atoms with van der Waals surface area (Å²) in [5.74, 6) is 1.57. The van der Waals surface area contributed by atoms with Crippen LogP contribution in [0.25, 0.3) is 16.6 Å². The lowest BCUT2D eigenvalue weighted by Crippen LogP contribution is -2.49. The van der Waals surface area contributed by atoms with E-state index in [1.807, 2.05) is 29.8 Å². The number of H-pyrrole nitrogens is 1. The number of hydrogen-bond acceptors (Lipinski definition) is 4. The van der Waals surface area contributed by atoms with Gasteiger partial charge in [-0.2, -0.15) is 0 Å². The normalized spacial score (nSPS) is 23.9. The van der Waals surface area contributed by atoms with Crippen LogP contribution in [0.2, 0.25) is 5.02 Å². The molecule has 2 N–H and O–H groups in total. The van der Waals surface area contributed by atoms with Crippen molar-refractivity contribution in [3.8, 4) is 5.69 Å². The average Bonchev–Trinajstić information content (AvgIpc) is 3.46. The zero-order valence-corrected chi connectivity index (χ0v) is 22.1. The maximum atomic E-state index is 13.7. The predicted molar refractivity (Wildman–Crippen MR) is 143 cm³/mol. The van der Waals surface area contributed by atoms with Crippen LogP contribution >= 0.6 is 11.6 Å². The molecule has 2 fully saturated rings. The van der Waals surface area contributed by atoms with Crippen LogP contribution in [0, 0.1) is 5.92 Å². The van der Waals surface area contributed by atoms with Gasteiger partial charge in [-0.25, -0.2) is 0 Å². The summed E-state index contributed by atoms with van der Waals surface area (Å²) in [6.07, 6.45) is 9.11. The Balaban J connectivity index is 1.40. The van der Waals surface area contributed by atoms with Crippen LogP contribution in [0.4, 0.5) is 0 Å². The van der Waals surface area contributed by atoms with E-state index in [-0.39, 0.29) is 22.6 Å². The Morgan fingerprint density at radius 1 is 1.25 bits per heavy atom. The molecule has 0 aliphatic heterocycles. The summed E-state index contributed by atoms with van der Waals surface area (Å²) in [6.45, 7) is 6.66. The molecular formula is C28H33ClN6O. The molecule has 8 heteroatoms. The molecule has 0 saturated heterocycles. The van der Waals surface area contributed by atoms with Crippen LogP contribution in [0.1, 0.15) is 76.0 Å². The lowest BCUT2D eigenvalue weighted by molar-refractivity contribution is 0.185. The Morgan fingerprint density at radius 3 is 2.67 bits per heavy atom. The molecule has 0 radical (unpaired) electrons. The lowest BCUT2D eigenvalue weighted by Gasteiger charge is -2.46. The van der Waals surface area contributed by atoms with E-state index < -0.39 is 0 Å². The SMILES string of the molecule is CC1CC(c2cccc(-n3cc(Cl)c4cc([C@H](C)NC5(C)CCC5)[nH]c4c3=O)c2)(c2nncn2C)C1. The van der Waals surface area contributed by atoms with Gasteiger partial charge in [-0.15, -0.1) is 10.2 Å². The number of rotatable bonds is 6. The van der Waals surface area contributed by atoms with Gasteiger partial charge in [-0.3, -0.25) is 9.36 Å². The number of fused-ring (bicyclic) bond motifs is 1. The Hall–Kier alpha value is -2.90. The molecule has 188 valence electrons. The van der Waals surface area contributed by atoms with Gasteiger partial charge >= 0.3 is 0 Å². The molecule has 36 heavy (non-hydrogen) atoms. The monoisotopic (exact) mass is 504 g/mol. The number of halogens is 1. The van der Waals surface area contributed by atoms with Gasteiger partial charge in [0, 0.05) is 41.6 Å². The minimum absolute atomic E-state index is 0.0989. The summed E-state index contributed by atoms with van der Waals surface area (Å²) in [5, 5.41) is 13.6. The zero-order chi connectivity index (χ0) is 25.2. The first-order valence-corrected chi connectivity index (χ1v) is 13.2. The quantitative estimate of drug-likeness (QED) is 0.368. The third-order valence-corrected chi connectivity index (χ3v) is 8.77. The number of aromatic nitrogens is 5. The molecule has 2 aliphatic carbocycles. The van der Waals surface area contributed by atoms with Crippen LogP contribution < -0.4 is 10.9 Å². The van der Waals surface area contributed by atoms with Crippen molar-refractivity contribution >= 4 is 22.5 Å². The molecule has 4 aromatic rings. The van der Waals surface area contributed by atoms with Crippen LogP contribution in [-0.2, 0) is 12.5 Å². The number of benzene rings is 1. The van der Waals surface area contributed by atoms with Crippen molar-refractivity contribution in [2.75, 3.05) is 0 Å². The Labute approximate surface area is 215 Å². The van der Waals surface area contributed by atoms with Crippen molar-refractivity contribution in [2.24, 2.45) is 13.0 Å². The first-order valence-electron chi connectivity index (χ1n) is 12.9. The fourth-order valence-corrected chi connectivity index (χ4v) is 6.67. The van der Waals surface area contributed by atoms with E-state index in [0.29, 0.717) is 16.5 Å². The van der Waals surface area contributed by atoms with Crippen molar-refractivity contribution in [3.05, 3.63) is 75.3 Å². The lowest BCUT2D eigenvalue weighted by atomic mass is 9.58. The molecule has 7 nitrogen and oxygen atoms in total. The maximum Gasteiger partial charge on any atom is 0.279 e. The summed E-state index contributed by atoms with van der Waals surface area (Å²) in [5.41, 5.74) is 3.33. The van der Waals surface area contributed by atoms with Crippen molar-refractivity contribution in [3.63, 3.8) is 0 Å². The molecule has 2 saturated carbocycles. The summed E-state index contributed by atoms with van der Waals surface area (Å²) < 4.78 is 3.67. The van der Waals surface area contributed by atoms with Gasteiger partial charge in [0.1, 0.15) is 17.7 Å². The first-order chi connectivity index (χ1) is 17.2. The first kappa shape index (κ1) is 23.5. The summed E-state index contributed by atoms with van der Waals surface area (Å²) >= 11 is 6.74. The summed E-state index contributed by atoms with van der Waals surface area (Å²) in [6, 6.07) is 10.3. The van der Waals surface area contributed by atoms with Crippen LogP contribution in [0.3, 0.4) is 0 Å². The van der Waals surface area contributed by atoms with E-state index in [2.05, 4.69) is 53.4 Å². The van der Waals surface area contributed by atoms with Crippen LogP contribution in [0.15, 0.2) is 47.7 Å². The van der Waals surface area contributed by atoms with Crippen molar-refractivity contribution in [1.82, 2.24) is 29.6 Å². The maximum absolute atomic E-state index is 13.7. The van der Waals surface area contributed by atoms with Gasteiger partial charge in [0.25, 0.3) is 5.56 Å². The second-order valence-electron chi connectivity index (χ2n) is 11.4. The highest BCUT2D eigenvalue weighted by Crippen LogP contribution is 2.51. The number of pyridine rings is 1. The number of nitrogens with zero attached hydrogens (tertiary/aromatic N) is 4. The van der Waals surface area contributed by atoms with Gasteiger partial charge in [-0.05, 0) is 75.6 Å². The minimum atomic E-state index is -0.198. The molecule has 6 rings (SSSR count). The number of aryl methyl sites for hydroxylation is 1. The van der Waals surface area contributed by atoms with Crippen molar-refractivity contribution in [1.29, 1.82) is 0 Å². The second-order valence-corrected chi connectivity index (χ2v) is 11.8. The highest BCUT2D eigenvalue weighted by molar-refractivity contribution is 6.35. The standard InChI is InChI=1S/C28H33ClN6O/c1-17-13-28(14-17,26-33-30-16-34(26)4)19-7-5-8-20(11-19)35-15-22(29)21-12-23(31-24(21)25(35)36)18(2)32-27(3)9-6-10-27/h5,7-8,11-12,15-18,31-32H,6,9-10,13-14H2,1-4H3/t17?,18-,28?/m0/s1. The molecule has 0 spiro atoms. The molecule has 3 aromatic heterocycles. The van der Waals surface area contributed by atoms with Crippen LogP contribution in [0.5, 0.6) is 0 Å². The predicted octanol–water partition coefficient (Wildman–Crippen LogP) is 5.41. The highest BCUT2D eigenvalue weighted by Gasteiger charge is 2.48. The molecule has 2 aliphatic rings. The second kappa shape index (κ2) is 8.32. The Bertz CT molecular complexity index is 1500. The van der Waals surface area contributed by atoms with E-state index in [4.69, 9.17) is 11.6 Å². The van der Waals surface area contributed by atoms with E-state index in [0.717, 1.165) is 41.0 Å². The third-order valence-electron chi connectivity index (χ3n) is 8.47. The van der Waals surface area contributed by atoms with Gasteiger partial charge in [-0.1, -0.05) is 30.7 Å². The Kier molecular flexibility index (Phi) is 5.43. The van der Waals surface area contributed by atoms with E-state index in [1.165, 1.54) is 19.3 Å². The molecule has 0 unspecified atom stereocenters. The van der Waals surface area contributed by atoms with Gasteiger partial charge in [0.15, 0.2) is 0 Å². The number of aromatic amines is 1. The third kappa shape index (κ3) is 3.63. The van der Waals surface area contributed by atoms with E-state index >= 15 is 0 Å². The molecule has 0 bridgehead atoms. The number of nitrogens with one attached hydrogen (secondary N) is 2. The van der Waals surface area contributed by atoms with Gasteiger partial charge in [0.2, 0.25) is 0 Å². The summed E-state index contributed by atoms with van der Waals surface area (Å²) in [7, 11) is 1.99. The van der Waals surface area contributed by atoms with E-state index in [9.17, 15) is 4.79 Å². The van der Waals surface area contributed by atoms with E-state index in [1.54, 1.807) is 17.1 Å². The molecular weight excluding hydrogens is 472 g/mol.